The average Bonchev–Trinajstić information content (AvgIpc) is 2.52. The first kappa shape index (κ1) is 17.9. The van der Waals surface area contributed by atoms with Gasteiger partial charge in [-0.1, -0.05) is 36.4 Å². The number of allylic oxidation sites excluding steroid dienone is 2. The van der Waals surface area contributed by atoms with Crippen LogP contribution >= 0.6 is 12.5 Å². The lowest BCUT2D eigenvalue weighted by Crippen LogP contribution is -2.47. The molecule has 128 valence electrons. The van der Waals surface area contributed by atoms with Crippen molar-refractivity contribution >= 4 is 35.8 Å². The lowest BCUT2D eigenvalue weighted by Gasteiger charge is -2.32. The molecule has 0 aliphatic carbocycles. The maximum atomic E-state index is 5.07. The van der Waals surface area contributed by atoms with Gasteiger partial charge < -0.3 is 4.81 Å². The maximum absolute atomic E-state index is 5.07. The summed E-state index contributed by atoms with van der Waals surface area (Å²) in [6, 6.07) is 12.9. The average molecular weight is 349 g/mol. The number of rotatable bonds is 2. The van der Waals surface area contributed by atoms with Gasteiger partial charge in [0.25, 0.3) is 0 Å². The Labute approximate surface area is 157 Å². The number of benzene rings is 2. The van der Waals surface area contributed by atoms with Gasteiger partial charge in [-0.05, 0) is 45.7 Å². The van der Waals surface area contributed by atoms with Gasteiger partial charge in [0.15, 0.2) is 11.4 Å². The molecule has 0 N–H and O–H groups in total. The second kappa shape index (κ2) is 6.76. The van der Waals surface area contributed by atoms with Gasteiger partial charge in [0.2, 0.25) is 0 Å². The quantitative estimate of drug-likeness (QED) is 0.565. The van der Waals surface area contributed by atoms with Crippen LogP contribution in [0.15, 0.2) is 48.2 Å². The monoisotopic (exact) mass is 349 g/mol. The molecule has 2 nitrogen and oxygen atoms in total. The molecule has 0 saturated carbocycles. The van der Waals surface area contributed by atoms with Crippen LogP contribution in [0.4, 0.5) is 11.4 Å². The van der Waals surface area contributed by atoms with E-state index in [9.17, 15) is 0 Å². The van der Waals surface area contributed by atoms with Gasteiger partial charge in [-0.2, -0.15) is 0 Å². The van der Waals surface area contributed by atoms with E-state index in [2.05, 4.69) is 93.3 Å². The van der Waals surface area contributed by atoms with E-state index in [1.807, 2.05) is 0 Å². The molecule has 0 radical (unpaired) electrons. The van der Waals surface area contributed by atoms with E-state index in [0.717, 1.165) is 0 Å². The normalized spacial score (nSPS) is 14.9. The lowest BCUT2D eigenvalue weighted by atomic mass is 9.90. The standard InChI is InChI=1S/C21H26BN2S/c1-14-9-7-10-15(2)20(14)23-18(5)13-19(6)24(22(23)25)21-16(3)11-8-12-17(21)4/h7-13,25H,1-6H3/q+1. The Hall–Kier alpha value is -1.94. The summed E-state index contributed by atoms with van der Waals surface area (Å²) in [7, 11) is 0. The van der Waals surface area contributed by atoms with E-state index in [4.69, 9.17) is 12.5 Å². The van der Waals surface area contributed by atoms with Crippen molar-refractivity contribution in [2.24, 2.45) is 0 Å². The molecule has 2 aromatic carbocycles. The van der Waals surface area contributed by atoms with Gasteiger partial charge in [-0.15, -0.1) is 12.5 Å². The number of para-hydroxylation sites is 2. The molecule has 0 unspecified atom stereocenters. The van der Waals surface area contributed by atoms with Crippen molar-refractivity contribution in [3.05, 3.63) is 70.4 Å². The summed E-state index contributed by atoms with van der Waals surface area (Å²) in [5.74, 6) is 0. The molecule has 0 aromatic heterocycles. The molecule has 25 heavy (non-hydrogen) atoms. The molecule has 0 bridgehead atoms. The third-order valence-corrected chi connectivity index (χ3v) is 5.46. The molecule has 1 aliphatic rings. The van der Waals surface area contributed by atoms with Gasteiger partial charge in [0.05, 0.1) is 0 Å². The van der Waals surface area contributed by atoms with Crippen LogP contribution in [-0.4, -0.2) is 16.5 Å². The smallest absolute Gasteiger partial charge is 0.313 e. The van der Waals surface area contributed by atoms with Crippen LogP contribution < -0.4 is 4.81 Å². The van der Waals surface area contributed by atoms with Crippen LogP contribution in [0.1, 0.15) is 36.1 Å². The highest BCUT2D eigenvalue weighted by Gasteiger charge is 2.44. The first-order valence-electron chi connectivity index (χ1n) is 8.73. The Morgan fingerprint density at radius 3 is 1.80 bits per heavy atom. The number of hydrogen-bond donors (Lipinski definition) is 1. The second-order valence-corrected chi connectivity index (χ2v) is 7.46. The van der Waals surface area contributed by atoms with Crippen molar-refractivity contribution in [1.29, 1.82) is 0 Å². The van der Waals surface area contributed by atoms with Crippen molar-refractivity contribution in [3.8, 4) is 0 Å². The molecule has 0 fully saturated rings. The molecular formula is C21H26BN2S+. The summed E-state index contributed by atoms with van der Waals surface area (Å²) < 4.78 is 2.34. The van der Waals surface area contributed by atoms with Crippen molar-refractivity contribution in [1.82, 2.24) is 0 Å². The molecule has 1 heterocycles. The minimum atomic E-state index is -0.0791. The summed E-state index contributed by atoms with van der Waals surface area (Å²) in [5.41, 5.74) is 10.0. The highest BCUT2D eigenvalue weighted by molar-refractivity contribution is 8.09. The summed E-state index contributed by atoms with van der Waals surface area (Å²) in [6.45, 7) is 13.0. The summed E-state index contributed by atoms with van der Waals surface area (Å²) in [4.78, 5) is 2.34. The third kappa shape index (κ3) is 3.04. The molecule has 2 aromatic rings. The molecule has 0 saturated heterocycles. The zero-order valence-electron chi connectivity index (χ0n) is 16.0. The van der Waals surface area contributed by atoms with Gasteiger partial charge >= 0.3 is 6.26 Å². The predicted molar refractivity (Wildman–Crippen MR) is 113 cm³/mol. The fourth-order valence-corrected chi connectivity index (χ4v) is 4.47. The molecule has 1 aliphatic heterocycles. The zero-order valence-corrected chi connectivity index (χ0v) is 16.9. The Balaban J connectivity index is 2.21. The van der Waals surface area contributed by atoms with Gasteiger partial charge in [0, 0.05) is 35.5 Å². The number of anilines is 1. The van der Waals surface area contributed by atoms with Crippen LogP contribution in [0.25, 0.3) is 0 Å². The van der Waals surface area contributed by atoms with Crippen LogP contribution in [0.3, 0.4) is 0 Å². The lowest BCUT2D eigenvalue weighted by molar-refractivity contribution is -0.283. The molecule has 0 spiro atoms. The topological polar surface area (TPSA) is 6.25 Å². The Bertz CT molecular complexity index is 858. The SMILES string of the molecule is CC1=CC(C)=[N+](c2c(C)cccc2C)B(S)N1c1c(C)cccc1C. The molecule has 0 amide bonds. The van der Waals surface area contributed by atoms with Gasteiger partial charge in [0.1, 0.15) is 0 Å². The molecule has 3 rings (SSSR count). The van der Waals surface area contributed by atoms with Crippen LogP contribution in [-0.2, 0) is 0 Å². The highest BCUT2D eigenvalue weighted by atomic mass is 32.1. The third-order valence-electron chi connectivity index (χ3n) is 5.00. The molecule has 0 atom stereocenters. The fraction of sp³-hybridized carbons (Fsp3) is 0.286. The summed E-state index contributed by atoms with van der Waals surface area (Å²) in [5, 5.41) is 0. The van der Waals surface area contributed by atoms with E-state index in [1.54, 1.807) is 0 Å². The second-order valence-electron chi connectivity index (χ2n) is 6.99. The number of thiol groups is 1. The Kier molecular flexibility index (Phi) is 4.83. The van der Waals surface area contributed by atoms with Crippen molar-refractivity contribution in [2.75, 3.05) is 4.81 Å². The van der Waals surface area contributed by atoms with E-state index < -0.39 is 0 Å². The number of nitrogens with zero attached hydrogens (tertiary/aromatic N) is 2. The van der Waals surface area contributed by atoms with Crippen molar-refractivity contribution < 1.29 is 4.49 Å². The van der Waals surface area contributed by atoms with Gasteiger partial charge in [-0.25, -0.2) is 4.49 Å². The van der Waals surface area contributed by atoms with E-state index >= 15 is 0 Å². The number of hydrogen-bond acceptors (Lipinski definition) is 2. The first-order chi connectivity index (χ1) is 11.8. The first-order valence-corrected chi connectivity index (χ1v) is 9.25. The van der Waals surface area contributed by atoms with E-state index in [1.165, 1.54) is 45.0 Å². The minimum Gasteiger partial charge on any atom is -0.313 e. The number of aryl methyl sites for hydroxylation is 4. The minimum absolute atomic E-state index is 0.0791. The Morgan fingerprint density at radius 1 is 0.800 bits per heavy atom. The fourth-order valence-electron chi connectivity index (χ4n) is 3.88. The highest BCUT2D eigenvalue weighted by Crippen LogP contribution is 2.35. The summed E-state index contributed by atoms with van der Waals surface area (Å²) >= 11 is 5.07. The Morgan fingerprint density at radius 2 is 1.28 bits per heavy atom. The largest absolute Gasteiger partial charge is 0.690 e. The predicted octanol–water partition coefficient (Wildman–Crippen LogP) is 5.36. The van der Waals surface area contributed by atoms with E-state index in [0.29, 0.717) is 0 Å². The molecule has 4 heteroatoms. The van der Waals surface area contributed by atoms with Crippen molar-refractivity contribution in [2.45, 2.75) is 41.5 Å². The van der Waals surface area contributed by atoms with Crippen LogP contribution in [0.2, 0.25) is 0 Å². The maximum Gasteiger partial charge on any atom is 0.690 e. The van der Waals surface area contributed by atoms with E-state index in [-0.39, 0.29) is 6.26 Å². The van der Waals surface area contributed by atoms with Crippen LogP contribution in [0.5, 0.6) is 0 Å². The zero-order chi connectivity index (χ0) is 18.3. The van der Waals surface area contributed by atoms with Crippen LogP contribution in [0, 0.1) is 27.7 Å². The van der Waals surface area contributed by atoms with Crippen molar-refractivity contribution in [3.63, 3.8) is 0 Å². The summed E-state index contributed by atoms with van der Waals surface area (Å²) in [6.07, 6.45) is 2.18. The molecular weight excluding hydrogens is 323 g/mol. The van der Waals surface area contributed by atoms with Gasteiger partial charge in [-0.3, -0.25) is 0 Å².